The molecule has 0 saturated heterocycles. The molecule has 0 bridgehead atoms. The molecule has 22 heavy (non-hydrogen) atoms. The van der Waals surface area contributed by atoms with Crippen LogP contribution in [0.4, 0.5) is 11.4 Å². The van der Waals surface area contributed by atoms with E-state index in [-0.39, 0.29) is 23.7 Å². The van der Waals surface area contributed by atoms with Crippen LogP contribution in [0.15, 0.2) is 18.5 Å². The SMILES string of the molecule is CC(C)C(N)C(=O)Nc1ccncc1NC(=O)C(N)C(C)C. The Kier molecular flexibility index (Phi) is 6.45. The number of nitrogens with zero attached hydrogens (tertiary/aromatic N) is 1. The van der Waals surface area contributed by atoms with Gasteiger partial charge in [-0.25, -0.2) is 0 Å². The average Bonchev–Trinajstić information content (AvgIpc) is 2.47. The van der Waals surface area contributed by atoms with Gasteiger partial charge in [0.2, 0.25) is 11.8 Å². The van der Waals surface area contributed by atoms with Gasteiger partial charge in [-0.3, -0.25) is 14.6 Å². The van der Waals surface area contributed by atoms with Gasteiger partial charge in [-0.15, -0.1) is 0 Å². The molecular formula is C15H25N5O2. The van der Waals surface area contributed by atoms with E-state index in [2.05, 4.69) is 15.6 Å². The molecule has 1 heterocycles. The summed E-state index contributed by atoms with van der Waals surface area (Å²) in [6.45, 7) is 7.44. The molecule has 0 aromatic carbocycles. The molecule has 0 aliphatic heterocycles. The number of pyridine rings is 1. The summed E-state index contributed by atoms with van der Waals surface area (Å²) in [6, 6.07) is 0.331. The molecule has 7 nitrogen and oxygen atoms in total. The van der Waals surface area contributed by atoms with Gasteiger partial charge in [0.15, 0.2) is 0 Å². The van der Waals surface area contributed by atoms with E-state index in [0.29, 0.717) is 11.4 Å². The van der Waals surface area contributed by atoms with Crippen molar-refractivity contribution in [3.63, 3.8) is 0 Å². The Labute approximate surface area is 130 Å². The molecule has 2 atom stereocenters. The zero-order valence-corrected chi connectivity index (χ0v) is 13.5. The minimum Gasteiger partial charge on any atom is -0.323 e. The third kappa shape index (κ3) is 4.78. The van der Waals surface area contributed by atoms with Crippen LogP contribution in [0, 0.1) is 11.8 Å². The average molecular weight is 307 g/mol. The Balaban J connectivity index is 2.86. The lowest BCUT2D eigenvalue weighted by atomic mass is 10.0. The first-order valence-electron chi connectivity index (χ1n) is 7.31. The van der Waals surface area contributed by atoms with Gasteiger partial charge in [0.05, 0.1) is 29.7 Å². The normalized spacial score (nSPS) is 13.8. The lowest BCUT2D eigenvalue weighted by Crippen LogP contribution is -2.41. The van der Waals surface area contributed by atoms with Crippen molar-refractivity contribution >= 4 is 23.2 Å². The Hall–Kier alpha value is -1.99. The summed E-state index contributed by atoms with van der Waals surface area (Å²) < 4.78 is 0. The third-order valence-corrected chi connectivity index (χ3v) is 3.38. The molecule has 2 amide bonds. The molecule has 1 rings (SSSR count). The fourth-order valence-electron chi connectivity index (χ4n) is 1.64. The number of amides is 2. The maximum absolute atomic E-state index is 12.0. The van der Waals surface area contributed by atoms with Gasteiger partial charge < -0.3 is 22.1 Å². The highest BCUT2D eigenvalue weighted by Crippen LogP contribution is 2.20. The summed E-state index contributed by atoms with van der Waals surface area (Å²) in [6.07, 6.45) is 2.98. The van der Waals surface area contributed by atoms with Crippen LogP contribution in [0.2, 0.25) is 0 Å². The van der Waals surface area contributed by atoms with E-state index in [1.54, 1.807) is 6.07 Å². The molecule has 0 aliphatic carbocycles. The number of nitrogens with one attached hydrogen (secondary N) is 2. The fraction of sp³-hybridized carbons (Fsp3) is 0.533. The summed E-state index contributed by atoms with van der Waals surface area (Å²) in [4.78, 5) is 28.0. The van der Waals surface area contributed by atoms with Crippen LogP contribution in [0.25, 0.3) is 0 Å². The molecule has 1 aromatic heterocycles. The van der Waals surface area contributed by atoms with E-state index in [4.69, 9.17) is 11.5 Å². The van der Waals surface area contributed by atoms with Crippen molar-refractivity contribution in [3.8, 4) is 0 Å². The van der Waals surface area contributed by atoms with Gasteiger partial charge in [-0.1, -0.05) is 27.7 Å². The smallest absolute Gasteiger partial charge is 0.241 e. The highest BCUT2D eigenvalue weighted by atomic mass is 16.2. The van der Waals surface area contributed by atoms with Crippen molar-refractivity contribution in [2.45, 2.75) is 39.8 Å². The zero-order valence-electron chi connectivity index (χ0n) is 13.5. The Bertz CT molecular complexity index is 483. The third-order valence-electron chi connectivity index (χ3n) is 3.38. The Morgan fingerprint density at radius 3 is 1.86 bits per heavy atom. The number of rotatable bonds is 6. The van der Waals surface area contributed by atoms with Crippen LogP contribution in [-0.4, -0.2) is 28.9 Å². The van der Waals surface area contributed by atoms with Crippen LogP contribution in [0.5, 0.6) is 0 Å². The lowest BCUT2D eigenvalue weighted by molar-refractivity contribution is -0.119. The molecule has 0 fully saturated rings. The maximum atomic E-state index is 12.0. The van der Waals surface area contributed by atoms with Crippen molar-refractivity contribution in [3.05, 3.63) is 18.5 Å². The van der Waals surface area contributed by atoms with Crippen molar-refractivity contribution in [1.29, 1.82) is 0 Å². The highest BCUT2D eigenvalue weighted by molar-refractivity contribution is 6.02. The summed E-state index contributed by atoms with van der Waals surface area (Å²) >= 11 is 0. The minimum absolute atomic E-state index is 0.00377. The van der Waals surface area contributed by atoms with Gasteiger partial charge >= 0.3 is 0 Å². The molecule has 7 heteroatoms. The molecule has 122 valence electrons. The minimum atomic E-state index is -0.637. The number of hydrogen-bond donors (Lipinski definition) is 4. The first-order chi connectivity index (χ1) is 10.2. The summed E-state index contributed by atoms with van der Waals surface area (Å²) in [5, 5.41) is 5.39. The second-order valence-corrected chi connectivity index (χ2v) is 5.94. The van der Waals surface area contributed by atoms with Crippen molar-refractivity contribution in [2.24, 2.45) is 23.3 Å². The van der Waals surface area contributed by atoms with E-state index < -0.39 is 12.1 Å². The first-order valence-corrected chi connectivity index (χ1v) is 7.31. The van der Waals surface area contributed by atoms with E-state index >= 15 is 0 Å². The largest absolute Gasteiger partial charge is 0.323 e. The second-order valence-electron chi connectivity index (χ2n) is 5.94. The van der Waals surface area contributed by atoms with E-state index in [1.807, 2.05) is 27.7 Å². The standard InChI is InChI=1S/C15H25N5O2/c1-8(2)12(16)14(21)19-10-5-6-18-7-11(10)20-15(22)13(17)9(3)4/h5-9,12-13H,16-17H2,1-4H3,(H,20,22)(H,18,19,21). The number of hydrogen-bond acceptors (Lipinski definition) is 5. The number of carbonyl (C=O) groups is 2. The monoisotopic (exact) mass is 307 g/mol. The van der Waals surface area contributed by atoms with Gasteiger partial charge in [-0.05, 0) is 17.9 Å². The molecule has 2 unspecified atom stereocenters. The molecule has 1 aromatic rings. The molecule has 0 saturated carbocycles. The predicted octanol–water partition coefficient (Wildman–Crippen LogP) is 0.925. The van der Waals surface area contributed by atoms with Gasteiger partial charge in [-0.2, -0.15) is 0 Å². The second kappa shape index (κ2) is 7.86. The molecule has 6 N–H and O–H groups in total. The van der Waals surface area contributed by atoms with Crippen LogP contribution in [0.3, 0.4) is 0 Å². The van der Waals surface area contributed by atoms with E-state index in [1.165, 1.54) is 12.4 Å². The van der Waals surface area contributed by atoms with E-state index in [9.17, 15) is 9.59 Å². The number of anilines is 2. The van der Waals surface area contributed by atoms with Gasteiger partial charge in [0, 0.05) is 6.20 Å². The van der Waals surface area contributed by atoms with Crippen LogP contribution >= 0.6 is 0 Å². The van der Waals surface area contributed by atoms with Crippen LogP contribution in [-0.2, 0) is 9.59 Å². The predicted molar refractivity (Wildman–Crippen MR) is 87.1 cm³/mol. The molecule has 0 spiro atoms. The summed E-state index contributed by atoms with van der Waals surface area (Å²) in [5.41, 5.74) is 12.5. The van der Waals surface area contributed by atoms with Crippen molar-refractivity contribution in [1.82, 2.24) is 4.98 Å². The van der Waals surface area contributed by atoms with Crippen LogP contribution in [0.1, 0.15) is 27.7 Å². The fourth-order valence-corrected chi connectivity index (χ4v) is 1.64. The number of aromatic nitrogens is 1. The zero-order chi connectivity index (χ0) is 16.9. The molecular weight excluding hydrogens is 282 g/mol. The highest BCUT2D eigenvalue weighted by Gasteiger charge is 2.21. The quantitative estimate of drug-likeness (QED) is 0.622. The topological polar surface area (TPSA) is 123 Å². The number of nitrogens with two attached hydrogens (primary N) is 2. The Morgan fingerprint density at radius 2 is 1.41 bits per heavy atom. The molecule has 0 aliphatic rings. The van der Waals surface area contributed by atoms with Crippen molar-refractivity contribution in [2.75, 3.05) is 10.6 Å². The summed E-state index contributed by atoms with van der Waals surface area (Å²) in [7, 11) is 0. The van der Waals surface area contributed by atoms with Crippen molar-refractivity contribution < 1.29 is 9.59 Å². The Morgan fingerprint density at radius 1 is 0.955 bits per heavy atom. The maximum Gasteiger partial charge on any atom is 0.241 e. The lowest BCUT2D eigenvalue weighted by Gasteiger charge is -2.19. The first kappa shape index (κ1) is 18.1. The van der Waals surface area contributed by atoms with Gasteiger partial charge in [0.25, 0.3) is 0 Å². The molecule has 0 radical (unpaired) electrons. The van der Waals surface area contributed by atoms with Crippen LogP contribution < -0.4 is 22.1 Å². The number of carbonyl (C=O) groups excluding carboxylic acids is 2. The summed E-state index contributed by atoms with van der Waals surface area (Å²) in [5.74, 6) is -0.630. The van der Waals surface area contributed by atoms with Gasteiger partial charge in [0.1, 0.15) is 0 Å². The van der Waals surface area contributed by atoms with E-state index in [0.717, 1.165) is 0 Å².